The lowest BCUT2D eigenvalue weighted by atomic mass is 9.96. The summed E-state index contributed by atoms with van der Waals surface area (Å²) in [6.45, 7) is 3.32. The number of benzene rings is 1. The number of thiophene rings is 1. The third kappa shape index (κ3) is 4.59. The molecule has 5 rings (SSSR count). The first-order chi connectivity index (χ1) is 16.1. The van der Waals surface area contributed by atoms with Gasteiger partial charge in [0.15, 0.2) is 0 Å². The van der Waals surface area contributed by atoms with Crippen molar-refractivity contribution in [1.82, 2.24) is 25.1 Å². The van der Waals surface area contributed by atoms with E-state index in [0.717, 1.165) is 29.5 Å². The number of fused-ring (bicyclic) bond motifs is 1. The van der Waals surface area contributed by atoms with Crippen LogP contribution in [0.5, 0.6) is 0 Å². The molecule has 1 amide bonds. The van der Waals surface area contributed by atoms with Crippen LogP contribution < -0.4 is 5.56 Å². The molecule has 170 valence electrons. The van der Waals surface area contributed by atoms with Crippen molar-refractivity contribution < 1.29 is 9.21 Å². The summed E-state index contributed by atoms with van der Waals surface area (Å²) >= 11 is 1.41. The standard InChI is InChI=1S/C24H25N5O3S/c1-15-14-33-21-20(15)25-18(26-22(21)31)8-5-9-19(30)29-12-10-17(11-13-29)24-28-27-23(32-24)16-6-3-2-4-7-16/h2-4,6-7,14,17H,5,8-13H2,1H3,(H,25,26,31). The summed E-state index contributed by atoms with van der Waals surface area (Å²) in [5, 5.41) is 10.4. The summed E-state index contributed by atoms with van der Waals surface area (Å²) in [7, 11) is 0. The van der Waals surface area contributed by atoms with Crippen molar-refractivity contribution in [2.45, 2.75) is 44.9 Å². The first-order valence-corrected chi connectivity index (χ1v) is 12.1. The summed E-state index contributed by atoms with van der Waals surface area (Å²) < 4.78 is 6.56. The summed E-state index contributed by atoms with van der Waals surface area (Å²) in [5.74, 6) is 2.14. The van der Waals surface area contributed by atoms with Crippen LogP contribution in [0.3, 0.4) is 0 Å². The van der Waals surface area contributed by atoms with E-state index in [1.165, 1.54) is 11.3 Å². The van der Waals surface area contributed by atoms with Gasteiger partial charge < -0.3 is 14.3 Å². The lowest BCUT2D eigenvalue weighted by Gasteiger charge is -2.30. The van der Waals surface area contributed by atoms with Crippen molar-refractivity contribution in [2.24, 2.45) is 0 Å². The maximum Gasteiger partial charge on any atom is 0.268 e. The Morgan fingerprint density at radius 1 is 1.21 bits per heavy atom. The number of piperidine rings is 1. The van der Waals surface area contributed by atoms with Crippen molar-refractivity contribution in [3.63, 3.8) is 0 Å². The molecule has 1 aliphatic heterocycles. The number of aromatic amines is 1. The van der Waals surface area contributed by atoms with Crippen LogP contribution in [0.1, 0.15) is 48.9 Å². The van der Waals surface area contributed by atoms with E-state index in [-0.39, 0.29) is 17.4 Å². The van der Waals surface area contributed by atoms with Crippen LogP contribution in [0.4, 0.5) is 0 Å². The Morgan fingerprint density at radius 2 is 2.00 bits per heavy atom. The number of nitrogens with zero attached hydrogens (tertiary/aromatic N) is 4. The summed E-state index contributed by atoms with van der Waals surface area (Å²) in [6, 6.07) is 9.73. The van der Waals surface area contributed by atoms with Gasteiger partial charge in [-0.2, -0.15) is 0 Å². The highest BCUT2D eigenvalue weighted by Crippen LogP contribution is 2.29. The summed E-state index contributed by atoms with van der Waals surface area (Å²) in [4.78, 5) is 34.2. The molecular formula is C24H25N5O3S. The Bertz CT molecular complexity index is 1320. The largest absolute Gasteiger partial charge is 0.420 e. The number of hydrogen-bond acceptors (Lipinski definition) is 7. The highest BCUT2D eigenvalue weighted by molar-refractivity contribution is 7.17. The number of amides is 1. The van der Waals surface area contributed by atoms with E-state index >= 15 is 0 Å². The molecule has 0 atom stereocenters. The molecule has 4 heterocycles. The average molecular weight is 464 g/mol. The van der Waals surface area contributed by atoms with Crippen LogP contribution in [-0.4, -0.2) is 44.1 Å². The maximum atomic E-state index is 12.7. The van der Waals surface area contributed by atoms with Gasteiger partial charge in [-0.1, -0.05) is 18.2 Å². The summed E-state index contributed by atoms with van der Waals surface area (Å²) in [5.41, 5.74) is 2.59. The topological polar surface area (TPSA) is 105 Å². The number of aromatic nitrogens is 4. The number of H-pyrrole nitrogens is 1. The number of carbonyl (C=O) groups excluding carboxylic acids is 1. The van der Waals surface area contributed by atoms with Crippen molar-refractivity contribution in [1.29, 1.82) is 0 Å². The fraction of sp³-hybridized carbons (Fsp3) is 0.375. The third-order valence-electron chi connectivity index (χ3n) is 6.12. The van der Waals surface area contributed by atoms with Gasteiger partial charge in [0, 0.05) is 37.4 Å². The number of carbonyl (C=O) groups is 1. The van der Waals surface area contributed by atoms with E-state index in [2.05, 4.69) is 20.2 Å². The minimum atomic E-state index is -0.0991. The quantitative estimate of drug-likeness (QED) is 0.462. The molecule has 1 fully saturated rings. The molecule has 1 aromatic carbocycles. The zero-order valence-corrected chi connectivity index (χ0v) is 19.2. The molecule has 0 spiro atoms. The van der Waals surface area contributed by atoms with Crippen molar-refractivity contribution in [3.8, 4) is 11.5 Å². The summed E-state index contributed by atoms with van der Waals surface area (Å²) in [6.07, 6.45) is 3.29. The zero-order chi connectivity index (χ0) is 22.8. The normalized spacial score (nSPS) is 14.8. The van der Waals surface area contributed by atoms with Gasteiger partial charge in [0.25, 0.3) is 5.56 Å². The average Bonchev–Trinajstić information content (AvgIpc) is 3.48. The number of rotatable bonds is 6. The minimum absolute atomic E-state index is 0.0991. The Morgan fingerprint density at radius 3 is 2.79 bits per heavy atom. The molecule has 1 N–H and O–H groups in total. The molecule has 1 aliphatic rings. The number of nitrogens with one attached hydrogen (secondary N) is 1. The van der Waals surface area contributed by atoms with E-state index < -0.39 is 0 Å². The SMILES string of the molecule is Cc1csc2c(=O)[nH]c(CCCC(=O)N3CCC(c4nnc(-c5ccccc5)o4)CC3)nc12. The van der Waals surface area contributed by atoms with Gasteiger partial charge in [0.2, 0.25) is 17.7 Å². The fourth-order valence-corrected chi connectivity index (χ4v) is 5.13. The van der Waals surface area contributed by atoms with Crippen LogP contribution in [0.2, 0.25) is 0 Å². The van der Waals surface area contributed by atoms with E-state index in [1.54, 1.807) is 0 Å². The van der Waals surface area contributed by atoms with E-state index in [9.17, 15) is 9.59 Å². The molecule has 0 bridgehead atoms. The fourth-order valence-electron chi connectivity index (χ4n) is 4.25. The molecular weight excluding hydrogens is 438 g/mol. The molecule has 33 heavy (non-hydrogen) atoms. The highest BCUT2D eigenvalue weighted by Gasteiger charge is 2.27. The van der Waals surface area contributed by atoms with Crippen molar-refractivity contribution in [3.05, 3.63) is 63.3 Å². The predicted molar refractivity (Wildman–Crippen MR) is 126 cm³/mol. The van der Waals surface area contributed by atoms with Crippen LogP contribution in [0, 0.1) is 6.92 Å². The van der Waals surface area contributed by atoms with Crippen LogP contribution >= 0.6 is 11.3 Å². The monoisotopic (exact) mass is 463 g/mol. The van der Waals surface area contributed by atoms with Crippen LogP contribution in [0.15, 0.2) is 44.9 Å². The molecule has 9 heteroatoms. The van der Waals surface area contributed by atoms with Gasteiger partial charge in [0.05, 0.1) is 5.52 Å². The van der Waals surface area contributed by atoms with Gasteiger partial charge in [0.1, 0.15) is 10.5 Å². The van der Waals surface area contributed by atoms with Gasteiger partial charge in [-0.05, 0) is 49.3 Å². The van der Waals surface area contributed by atoms with E-state index in [1.807, 2.05) is 47.5 Å². The Labute approximate surface area is 194 Å². The minimum Gasteiger partial charge on any atom is -0.420 e. The number of hydrogen-bond donors (Lipinski definition) is 1. The Balaban J connectivity index is 1.12. The molecule has 3 aromatic heterocycles. The van der Waals surface area contributed by atoms with Gasteiger partial charge in [-0.15, -0.1) is 21.5 Å². The van der Waals surface area contributed by atoms with Crippen LogP contribution in [-0.2, 0) is 11.2 Å². The van der Waals surface area contributed by atoms with Crippen LogP contribution in [0.25, 0.3) is 21.7 Å². The molecule has 0 radical (unpaired) electrons. The first-order valence-electron chi connectivity index (χ1n) is 11.2. The lowest BCUT2D eigenvalue weighted by Crippen LogP contribution is -2.37. The Kier molecular flexibility index (Phi) is 6.04. The molecule has 1 saturated heterocycles. The molecule has 4 aromatic rings. The second kappa shape index (κ2) is 9.27. The van der Waals surface area contributed by atoms with E-state index in [0.29, 0.717) is 54.7 Å². The lowest BCUT2D eigenvalue weighted by molar-refractivity contribution is -0.132. The molecule has 0 unspecified atom stereocenters. The van der Waals surface area contributed by atoms with Gasteiger partial charge in [-0.3, -0.25) is 9.59 Å². The predicted octanol–water partition coefficient (Wildman–Crippen LogP) is 4.07. The maximum absolute atomic E-state index is 12.7. The Hall–Kier alpha value is -3.33. The molecule has 8 nitrogen and oxygen atoms in total. The van der Waals surface area contributed by atoms with Gasteiger partial charge in [-0.25, -0.2) is 4.98 Å². The zero-order valence-electron chi connectivity index (χ0n) is 18.4. The van der Waals surface area contributed by atoms with Crippen molar-refractivity contribution >= 4 is 27.5 Å². The second-order valence-corrected chi connectivity index (χ2v) is 9.31. The highest BCUT2D eigenvalue weighted by atomic mass is 32.1. The number of aryl methyl sites for hydroxylation is 2. The third-order valence-corrected chi connectivity index (χ3v) is 7.20. The van der Waals surface area contributed by atoms with E-state index in [4.69, 9.17) is 4.42 Å². The van der Waals surface area contributed by atoms with Crippen molar-refractivity contribution in [2.75, 3.05) is 13.1 Å². The first kappa shape index (κ1) is 21.5. The smallest absolute Gasteiger partial charge is 0.268 e. The molecule has 0 aliphatic carbocycles. The van der Waals surface area contributed by atoms with Gasteiger partial charge >= 0.3 is 0 Å². The molecule has 0 saturated carbocycles. The second-order valence-electron chi connectivity index (χ2n) is 8.43. The number of likely N-dealkylation sites (tertiary alicyclic amines) is 1.